The molecule has 0 fully saturated rings. The summed E-state index contributed by atoms with van der Waals surface area (Å²) in [7, 11) is 0. The standard InChI is InChI=1S/C16H14Br2O2/c1-9-2-3-10(7-14(9)18)15(19)13-8-12(17)6-11-4-5-20-16(11)13/h2-3,6-8,15,19H,4-5H2,1H3. The van der Waals surface area contributed by atoms with Gasteiger partial charge in [-0.25, -0.2) is 0 Å². The first-order valence-electron chi connectivity index (χ1n) is 6.45. The fourth-order valence-corrected chi connectivity index (χ4v) is 3.38. The lowest BCUT2D eigenvalue weighted by Gasteiger charge is -2.16. The molecule has 1 heterocycles. The van der Waals surface area contributed by atoms with Gasteiger partial charge in [0.2, 0.25) is 0 Å². The van der Waals surface area contributed by atoms with Gasteiger partial charge in [-0.15, -0.1) is 0 Å². The highest BCUT2D eigenvalue weighted by Crippen LogP contribution is 2.39. The average Bonchev–Trinajstić information content (AvgIpc) is 2.88. The molecule has 0 spiro atoms. The van der Waals surface area contributed by atoms with E-state index in [2.05, 4.69) is 37.9 Å². The van der Waals surface area contributed by atoms with E-state index in [0.29, 0.717) is 6.61 Å². The first-order valence-corrected chi connectivity index (χ1v) is 8.04. The first-order chi connectivity index (χ1) is 9.56. The monoisotopic (exact) mass is 396 g/mol. The Labute approximate surface area is 135 Å². The molecule has 4 heteroatoms. The molecule has 0 saturated heterocycles. The van der Waals surface area contributed by atoms with Crippen LogP contribution >= 0.6 is 31.9 Å². The molecule has 0 saturated carbocycles. The van der Waals surface area contributed by atoms with Crippen molar-refractivity contribution < 1.29 is 9.84 Å². The molecule has 2 aromatic rings. The Morgan fingerprint density at radius 3 is 2.75 bits per heavy atom. The zero-order valence-corrected chi connectivity index (χ0v) is 14.2. The van der Waals surface area contributed by atoms with E-state index in [1.54, 1.807) is 0 Å². The van der Waals surface area contributed by atoms with E-state index in [0.717, 1.165) is 43.4 Å². The van der Waals surface area contributed by atoms with Gasteiger partial charge in [0, 0.05) is 20.9 Å². The molecule has 1 aliphatic rings. The second-order valence-electron chi connectivity index (χ2n) is 4.99. The summed E-state index contributed by atoms with van der Waals surface area (Å²) in [5, 5.41) is 10.7. The van der Waals surface area contributed by atoms with Gasteiger partial charge in [-0.05, 0) is 41.8 Å². The van der Waals surface area contributed by atoms with E-state index in [4.69, 9.17) is 4.74 Å². The number of hydrogen-bond donors (Lipinski definition) is 1. The van der Waals surface area contributed by atoms with Gasteiger partial charge in [0.05, 0.1) is 6.61 Å². The predicted molar refractivity (Wildman–Crippen MR) is 86.3 cm³/mol. The fraction of sp³-hybridized carbons (Fsp3) is 0.250. The molecule has 104 valence electrons. The van der Waals surface area contributed by atoms with Crippen molar-refractivity contribution in [3.63, 3.8) is 0 Å². The maximum Gasteiger partial charge on any atom is 0.128 e. The summed E-state index contributed by atoms with van der Waals surface area (Å²) in [6.07, 6.45) is 0.211. The lowest BCUT2D eigenvalue weighted by atomic mass is 9.97. The van der Waals surface area contributed by atoms with Crippen LogP contribution in [-0.2, 0) is 6.42 Å². The first kappa shape index (κ1) is 14.1. The Balaban J connectivity index is 2.06. The van der Waals surface area contributed by atoms with Crippen LogP contribution in [-0.4, -0.2) is 11.7 Å². The number of halogens is 2. The topological polar surface area (TPSA) is 29.5 Å². The number of aryl methyl sites for hydroxylation is 1. The average molecular weight is 398 g/mol. The van der Waals surface area contributed by atoms with E-state index in [9.17, 15) is 5.11 Å². The van der Waals surface area contributed by atoms with Gasteiger partial charge in [-0.3, -0.25) is 0 Å². The smallest absolute Gasteiger partial charge is 0.128 e. The minimum absolute atomic E-state index is 0.684. The number of aliphatic hydroxyl groups is 1. The summed E-state index contributed by atoms with van der Waals surface area (Å²) in [6.45, 7) is 2.71. The van der Waals surface area contributed by atoms with Gasteiger partial charge >= 0.3 is 0 Å². The van der Waals surface area contributed by atoms with Gasteiger partial charge in [0.25, 0.3) is 0 Å². The molecule has 0 radical (unpaired) electrons. The lowest BCUT2D eigenvalue weighted by molar-refractivity contribution is 0.213. The largest absolute Gasteiger partial charge is 0.493 e. The van der Waals surface area contributed by atoms with Crippen molar-refractivity contribution in [1.29, 1.82) is 0 Å². The Kier molecular flexibility index (Phi) is 3.89. The molecule has 1 N–H and O–H groups in total. The molecule has 20 heavy (non-hydrogen) atoms. The van der Waals surface area contributed by atoms with E-state index in [1.165, 1.54) is 0 Å². The highest BCUT2D eigenvalue weighted by Gasteiger charge is 2.23. The molecule has 0 aromatic heterocycles. The molecule has 0 bridgehead atoms. The maximum atomic E-state index is 10.7. The van der Waals surface area contributed by atoms with Gasteiger partial charge in [-0.2, -0.15) is 0 Å². The summed E-state index contributed by atoms with van der Waals surface area (Å²) < 4.78 is 7.66. The van der Waals surface area contributed by atoms with Crippen molar-refractivity contribution in [3.05, 3.63) is 61.5 Å². The molecule has 1 aliphatic heterocycles. The molecule has 1 unspecified atom stereocenters. The van der Waals surface area contributed by atoms with Crippen molar-refractivity contribution in [3.8, 4) is 5.75 Å². The zero-order chi connectivity index (χ0) is 14.3. The van der Waals surface area contributed by atoms with Crippen LogP contribution in [0.3, 0.4) is 0 Å². The zero-order valence-electron chi connectivity index (χ0n) is 11.0. The second kappa shape index (κ2) is 5.51. The third-order valence-corrected chi connectivity index (χ3v) is 4.90. The fourth-order valence-electron chi connectivity index (χ4n) is 2.46. The minimum Gasteiger partial charge on any atom is -0.493 e. The third kappa shape index (κ3) is 2.52. The van der Waals surface area contributed by atoms with Crippen LogP contribution in [0.15, 0.2) is 39.3 Å². The quantitative estimate of drug-likeness (QED) is 0.806. The SMILES string of the molecule is Cc1ccc(C(O)c2cc(Br)cc3c2OCC3)cc1Br. The molecular formula is C16H14Br2O2. The molecule has 0 aliphatic carbocycles. The maximum absolute atomic E-state index is 10.7. The Bertz CT molecular complexity index is 668. The molecule has 2 nitrogen and oxygen atoms in total. The normalized spacial score (nSPS) is 14.8. The second-order valence-corrected chi connectivity index (χ2v) is 6.76. The highest BCUT2D eigenvalue weighted by atomic mass is 79.9. The van der Waals surface area contributed by atoms with E-state index in [1.807, 2.05) is 31.2 Å². The number of benzene rings is 2. The Morgan fingerprint density at radius 2 is 2.00 bits per heavy atom. The minimum atomic E-state index is -0.684. The van der Waals surface area contributed by atoms with Crippen LogP contribution in [0.25, 0.3) is 0 Å². The highest BCUT2D eigenvalue weighted by molar-refractivity contribution is 9.10. The van der Waals surface area contributed by atoms with Gasteiger partial charge in [0.1, 0.15) is 11.9 Å². The van der Waals surface area contributed by atoms with E-state index >= 15 is 0 Å². The van der Waals surface area contributed by atoms with Crippen LogP contribution in [0.1, 0.15) is 28.4 Å². The van der Waals surface area contributed by atoms with Crippen LogP contribution in [0.4, 0.5) is 0 Å². The summed E-state index contributed by atoms with van der Waals surface area (Å²) in [6, 6.07) is 9.91. The van der Waals surface area contributed by atoms with Crippen molar-refractivity contribution in [2.75, 3.05) is 6.61 Å². The Morgan fingerprint density at radius 1 is 1.20 bits per heavy atom. The molecular weight excluding hydrogens is 384 g/mol. The number of hydrogen-bond acceptors (Lipinski definition) is 2. The summed E-state index contributed by atoms with van der Waals surface area (Å²) in [5.74, 6) is 0.831. The van der Waals surface area contributed by atoms with Crippen molar-refractivity contribution in [1.82, 2.24) is 0 Å². The van der Waals surface area contributed by atoms with Crippen molar-refractivity contribution in [2.24, 2.45) is 0 Å². The van der Waals surface area contributed by atoms with E-state index < -0.39 is 6.10 Å². The summed E-state index contributed by atoms with van der Waals surface area (Å²) >= 11 is 7.02. The van der Waals surface area contributed by atoms with Crippen LogP contribution in [0, 0.1) is 6.92 Å². The summed E-state index contributed by atoms with van der Waals surface area (Å²) in [4.78, 5) is 0. The number of aliphatic hydroxyl groups excluding tert-OH is 1. The van der Waals surface area contributed by atoms with Gasteiger partial charge < -0.3 is 9.84 Å². The van der Waals surface area contributed by atoms with Crippen LogP contribution < -0.4 is 4.74 Å². The van der Waals surface area contributed by atoms with Gasteiger partial charge in [-0.1, -0.05) is 44.0 Å². The van der Waals surface area contributed by atoms with Crippen LogP contribution in [0.5, 0.6) is 5.75 Å². The van der Waals surface area contributed by atoms with Crippen molar-refractivity contribution in [2.45, 2.75) is 19.4 Å². The molecule has 1 atom stereocenters. The molecule has 2 aromatic carbocycles. The lowest BCUT2D eigenvalue weighted by Crippen LogP contribution is -2.03. The summed E-state index contributed by atoms with van der Waals surface area (Å²) in [5.41, 5.74) is 3.98. The van der Waals surface area contributed by atoms with E-state index in [-0.39, 0.29) is 0 Å². The van der Waals surface area contributed by atoms with Gasteiger partial charge in [0.15, 0.2) is 0 Å². The number of ether oxygens (including phenoxy) is 1. The predicted octanol–water partition coefficient (Wildman–Crippen LogP) is 4.54. The van der Waals surface area contributed by atoms with Crippen molar-refractivity contribution >= 4 is 31.9 Å². The number of rotatable bonds is 2. The Hall–Kier alpha value is -0.840. The molecule has 3 rings (SSSR count). The molecule has 0 amide bonds. The third-order valence-electron chi connectivity index (χ3n) is 3.58. The van der Waals surface area contributed by atoms with Crippen LogP contribution in [0.2, 0.25) is 0 Å². The number of fused-ring (bicyclic) bond motifs is 1.